The molecule has 1 saturated heterocycles. The van der Waals surface area contributed by atoms with E-state index in [1.807, 2.05) is 0 Å². The Labute approximate surface area is 118 Å². The van der Waals surface area contributed by atoms with Gasteiger partial charge in [0.2, 0.25) is 0 Å². The Morgan fingerprint density at radius 1 is 1.38 bits per heavy atom. The molecular formula is C11H13N5O5. The molecule has 0 bridgehead atoms. The molecule has 0 aromatic carbocycles. The second kappa shape index (κ2) is 5.24. The molecule has 0 aliphatic carbocycles. The summed E-state index contributed by atoms with van der Waals surface area (Å²) in [7, 11) is 0. The first-order chi connectivity index (χ1) is 10.1. The smallest absolute Gasteiger partial charge is 0.293 e. The van der Waals surface area contributed by atoms with Gasteiger partial charge in [0, 0.05) is 0 Å². The van der Waals surface area contributed by atoms with Crippen LogP contribution in [-0.2, 0) is 14.3 Å². The first-order valence-corrected chi connectivity index (χ1v) is 6.13. The van der Waals surface area contributed by atoms with Gasteiger partial charge in [-0.05, 0) is 0 Å². The van der Waals surface area contributed by atoms with Crippen LogP contribution in [0.15, 0.2) is 12.7 Å². The number of anilines is 1. The Hall–Kier alpha value is -2.30. The Bertz CT molecular complexity index is 661. The highest BCUT2D eigenvalue weighted by molar-refractivity contribution is 5.81. The van der Waals surface area contributed by atoms with Crippen molar-refractivity contribution >= 4 is 23.5 Å². The number of nitrogens with zero attached hydrogens (tertiary/aromatic N) is 4. The number of aromatic nitrogens is 4. The van der Waals surface area contributed by atoms with E-state index in [1.54, 1.807) is 0 Å². The maximum absolute atomic E-state index is 10.2. The van der Waals surface area contributed by atoms with Crippen molar-refractivity contribution < 1.29 is 24.5 Å². The summed E-state index contributed by atoms with van der Waals surface area (Å²) in [6.45, 7) is 0.0817. The largest absolute Gasteiger partial charge is 0.465 e. The Balaban J connectivity index is 1.92. The molecule has 2 aromatic heterocycles. The molecule has 112 valence electrons. The normalized spacial score (nSPS) is 28.9. The highest BCUT2D eigenvalue weighted by Crippen LogP contribution is 2.31. The van der Waals surface area contributed by atoms with E-state index < -0.39 is 24.5 Å². The number of imidazole rings is 1. The van der Waals surface area contributed by atoms with E-state index in [1.165, 1.54) is 17.2 Å². The average molecular weight is 295 g/mol. The molecule has 21 heavy (non-hydrogen) atoms. The van der Waals surface area contributed by atoms with Gasteiger partial charge in [0.1, 0.15) is 36.8 Å². The van der Waals surface area contributed by atoms with Crippen molar-refractivity contribution in [2.24, 2.45) is 0 Å². The van der Waals surface area contributed by atoms with Gasteiger partial charge in [-0.25, -0.2) is 15.0 Å². The third-order valence-corrected chi connectivity index (χ3v) is 3.33. The highest BCUT2D eigenvalue weighted by atomic mass is 16.6. The van der Waals surface area contributed by atoms with E-state index in [-0.39, 0.29) is 18.9 Å². The Morgan fingerprint density at radius 2 is 2.19 bits per heavy atom. The van der Waals surface area contributed by atoms with Gasteiger partial charge >= 0.3 is 0 Å². The molecule has 3 heterocycles. The summed E-state index contributed by atoms with van der Waals surface area (Å²) in [6.07, 6.45) is -1.53. The first kappa shape index (κ1) is 13.7. The van der Waals surface area contributed by atoms with Crippen LogP contribution in [0.5, 0.6) is 0 Å². The van der Waals surface area contributed by atoms with Gasteiger partial charge < -0.3 is 25.4 Å². The second-order valence-electron chi connectivity index (χ2n) is 4.56. The lowest BCUT2D eigenvalue weighted by atomic mass is 10.1. The molecule has 3 rings (SSSR count). The van der Waals surface area contributed by atoms with Crippen molar-refractivity contribution in [2.75, 3.05) is 12.3 Å². The minimum Gasteiger partial charge on any atom is -0.465 e. The highest BCUT2D eigenvalue weighted by Gasteiger charge is 2.44. The predicted octanol–water partition coefficient (Wildman–Crippen LogP) is -1.80. The summed E-state index contributed by atoms with van der Waals surface area (Å²) in [5, 5.41) is 20.0. The van der Waals surface area contributed by atoms with Gasteiger partial charge in [0.25, 0.3) is 6.47 Å². The van der Waals surface area contributed by atoms with Crippen molar-refractivity contribution in [2.45, 2.75) is 24.5 Å². The molecular weight excluding hydrogens is 282 g/mol. The molecule has 10 heteroatoms. The molecule has 1 aliphatic rings. The fourth-order valence-electron chi connectivity index (χ4n) is 2.29. The molecule has 4 atom stereocenters. The van der Waals surface area contributed by atoms with Crippen molar-refractivity contribution in [3.63, 3.8) is 0 Å². The SMILES string of the molecule is Nc1ncnc2c1ncn2[C@@H]1O[C@H](COC=O)[C@@H](O)[C@H]1O. The number of rotatable bonds is 4. The van der Waals surface area contributed by atoms with E-state index in [4.69, 9.17) is 10.5 Å². The van der Waals surface area contributed by atoms with Gasteiger partial charge in [-0.15, -0.1) is 0 Å². The molecule has 0 spiro atoms. The van der Waals surface area contributed by atoms with Gasteiger partial charge in [0.15, 0.2) is 17.7 Å². The van der Waals surface area contributed by atoms with E-state index in [2.05, 4.69) is 19.7 Å². The van der Waals surface area contributed by atoms with Crippen molar-refractivity contribution in [3.05, 3.63) is 12.7 Å². The molecule has 4 N–H and O–H groups in total. The number of carbonyl (C=O) groups is 1. The molecule has 0 saturated carbocycles. The number of nitrogen functional groups attached to an aromatic ring is 1. The molecule has 10 nitrogen and oxygen atoms in total. The summed E-state index contributed by atoms with van der Waals surface area (Å²) in [5.74, 6) is 0.202. The predicted molar refractivity (Wildman–Crippen MR) is 67.7 cm³/mol. The number of aliphatic hydroxyl groups excluding tert-OH is 2. The lowest BCUT2D eigenvalue weighted by Crippen LogP contribution is -2.33. The van der Waals surface area contributed by atoms with Gasteiger partial charge in [-0.2, -0.15) is 0 Å². The fourth-order valence-corrected chi connectivity index (χ4v) is 2.29. The quantitative estimate of drug-likeness (QED) is 0.556. The zero-order valence-corrected chi connectivity index (χ0v) is 10.7. The lowest BCUT2D eigenvalue weighted by molar-refractivity contribution is -0.135. The van der Waals surface area contributed by atoms with Crippen LogP contribution < -0.4 is 5.73 Å². The maximum Gasteiger partial charge on any atom is 0.293 e. The summed E-state index contributed by atoms with van der Waals surface area (Å²) in [4.78, 5) is 22.1. The number of ether oxygens (including phenoxy) is 2. The van der Waals surface area contributed by atoms with Crippen molar-refractivity contribution in [1.29, 1.82) is 0 Å². The summed E-state index contributed by atoms with van der Waals surface area (Å²) in [5.41, 5.74) is 6.43. The van der Waals surface area contributed by atoms with E-state index >= 15 is 0 Å². The van der Waals surface area contributed by atoms with Crippen LogP contribution in [-0.4, -0.2) is 61.1 Å². The third-order valence-electron chi connectivity index (χ3n) is 3.33. The number of hydrogen-bond acceptors (Lipinski definition) is 9. The van der Waals surface area contributed by atoms with E-state index in [0.29, 0.717) is 11.2 Å². The molecule has 1 fully saturated rings. The zero-order valence-electron chi connectivity index (χ0n) is 10.7. The number of hydrogen-bond donors (Lipinski definition) is 3. The average Bonchev–Trinajstić information content (AvgIpc) is 3.02. The monoisotopic (exact) mass is 295 g/mol. The third kappa shape index (κ3) is 2.18. The Kier molecular flexibility index (Phi) is 3.41. The van der Waals surface area contributed by atoms with Crippen LogP contribution in [0.25, 0.3) is 11.2 Å². The van der Waals surface area contributed by atoms with Crippen LogP contribution in [0.3, 0.4) is 0 Å². The minimum absolute atomic E-state index is 0.165. The van der Waals surface area contributed by atoms with Crippen LogP contribution in [0.1, 0.15) is 6.23 Å². The standard InChI is InChI=1S/C11H13N5O5/c12-9-6-10(14-2-13-9)16(3-15-6)11-8(19)7(18)5(21-11)1-20-4-17/h2-5,7-8,11,18-19H,1H2,(H2,12,13,14)/t5-,7-,8-,11-/m1/s1. The topological polar surface area (TPSA) is 146 Å². The number of nitrogens with two attached hydrogens (primary N) is 1. The minimum atomic E-state index is -1.22. The number of aliphatic hydroxyl groups is 2. The summed E-state index contributed by atoms with van der Waals surface area (Å²) < 4.78 is 11.5. The summed E-state index contributed by atoms with van der Waals surface area (Å²) >= 11 is 0. The molecule has 1 aliphatic heterocycles. The molecule has 0 amide bonds. The summed E-state index contributed by atoms with van der Waals surface area (Å²) in [6, 6.07) is 0. The number of carbonyl (C=O) groups excluding carboxylic acids is 1. The van der Waals surface area contributed by atoms with Gasteiger partial charge in [0.05, 0.1) is 6.33 Å². The number of fused-ring (bicyclic) bond motifs is 1. The fraction of sp³-hybridized carbons (Fsp3) is 0.455. The zero-order chi connectivity index (χ0) is 15.0. The van der Waals surface area contributed by atoms with Crippen molar-refractivity contribution in [3.8, 4) is 0 Å². The van der Waals surface area contributed by atoms with Crippen LogP contribution in [0.4, 0.5) is 5.82 Å². The molecule has 0 unspecified atom stereocenters. The van der Waals surface area contributed by atoms with E-state index in [9.17, 15) is 15.0 Å². The maximum atomic E-state index is 10.2. The second-order valence-corrected chi connectivity index (χ2v) is 4.56. The first-order valence-electron chi connectivity index (χ1n) is 6.13. The van der Waals surface area contributed by atoms with Crippen LogP contribution in [0, 0.1) is 0 Å². The molecule has 2 aromatic rings. The Morgan fingerprint density at radius 3 is 2.95 bits per heavy atom. The molecule has 0 radical (unpaired) electrons. The van der Waals surface area contributed by atoms with Crippen molar-refractivity contribution in [1.82, 2.24) is 19.5 Å². The van der Waals surface area contributed by atoms with E-state index in [0.717, 1.165) is 0 Å². The van der Waals surface area contributed by atoms with Gasteiger partial charge in [-0.3, -0.25) is 9.36 Å². The van der Waals surface area contributed by atoms with Crippen LogP contribution >= 0.6 is 0 Å². The lowest BCUT2D eigenvalue weighted by Gasteiger charge is -2.16. The van der Waals surface area contributed by atoms with Crippen LogP contribution in [0.2, 0.25) is 0 Å². The van der Waals surface area contributed by atoms with Gasteiger partial charge in [-0.1, -0.05) is 0 Å².